The van der Waals surface area contributed by atoms with Crippen LogP contribution in [0.15, 0.2) is 18.3 Å². The summed E-state index contributed by atoms with van der Waals surface area (Å²) < 4.78 is 0. The molecule has 1 N–H and O–H groups in total. The first-order valence-electron chi connectivity index (χ1n) is 7.11. The van der Waals surface area contributed by atoms with E-state index in [0.29, 0.717) is 0 Å². The Morgan fingerprint density at radius 3 is 2.22 bits per heavy atom. The van der Waals surface area contributed by atoms with Crippen LogP contribution >= 0.6 is 0 Å². The normalized spacial score (nSPS) is 20.8. The van der Waals surface area contributed by atoms with Crippen LogP contribution in [-0.2, 0) is 0 Å². The van der Waals surface area contributed by atoms with Crippen molar-refractivity contribution in [2.75, 3.05) is 18.0 Å². The van der Waals surface area contributed by atoms with E-state index < -0.39 is 6.10 Å². The van der Waals surface area contributed by atoms with Crippen molar-refractivity contribution in [2.45, 2.75) is 38.7 Å². The third-order valence-corrected chi connectivity index (χ3v) is 3.93. The number of hydrogen-bond donors (Lipinski definition) is 1. The molecule has 3 nitrogen and oxygen atoms in total. The molecule has 98 valence electrons. The van der Waals surface area contributed by atoms with E-state index in [1.54, 1.807) is 6.92 Å². The van der Waals surface area contributed by atoms with Crippen LogP contribution in [0.25, 0.3) is 0 Å². The highest BCUT2D eigenvalue weighted by Gasteiger charge is 2.29. The molecule has 2 saturated carbocycles. The largest absolute Gasteiger partial charge is 0.389 e. The van der Waals surface area contributed by atoms with Gasteiger partial charge in [-0.2, -0.15) is 0 Å². The summed E-state index contributed by atoms with van der Waals surface area (Å²) in [5, 5.41) is 9.51. The van der Waals surface area contributed by atoms with E-state index in [1.807, 2.05) is 12.3 Å². The second-order valence-electron chi connectivity index (χ2n) is 5.92. The Labute approximate surface area is 109 Å². The lowest BCUT2D eigenvalue weighted by Gasteiger charge is -2.24. The molecule has 0 bridgehead atoms. The molecule has 1 aromatic heterocycles. The Hall–Kier alpha value is -1.09. The van der Waals surface area contributed by atoms with E-state index in [9.17, 15) is 5.11 Å². The van der Waals surface area contributed by atoms with Crippen molar-refractivity contribution < 1.29 is 5.11 Å². The number of hydrogen-bond acceptors (Lipinski definition) is 3. The van der Waals surface area contributed by atoms with Crippen LogP contribution in [0.1, 0.15) is 44.3 Å². The molecule has 18 heavy (non-hydrogen) atoms. The summed E-state index contributed by atoms with van der Waals surface area (Å²) in [4.78, 5) is 6.97. The first kappa shape index (κ1) is 12.0. The maximum atomic E-state index is 9.51. The number of aromatic nitrogens is 1. The van der Waals surface area contributed by atoms with E-state index in [1.165, 1.54) is 25.7 Å². The molecule has 0 saturated heterocycles. The second kappa shape index (κ2) is 4.88. The Kier molecular flexibility index (Phi) is 3.25. The Morgan fingerprint density at radius 2 is 1.83 bits per heavy atom. The zero-order valence-electron chi connectivity index (χ0n) is 11.0. The van der Waals surface area contributed by atoms with Crippen molar-refractivity contribution in [3.05, 3.63) is 23.9 Å². The summed E-state index contributed by atoms with van der Waals surface area (Å²) in [6.45, 7) is 4.11. The molecule has 1 aromatic rings. The molecule has 2 fully saturated rings. The molecule has 1 atom stereocenters. The first-order chi connectivity index (χ1) is 8.72. The number of pyridine rings is 1. The van der Waals surface area contributed by atoms with Crippen LogP contribution in [0, 0.1) is 11.8 Å². The van der Waals surface area contributed by atoms with Crippen LogP contribution < -0.4 is 4.90 Å². The fraction of sp³-hybridized carbons (Fsp3) is 0.667. The topological polar surface area (TPSA) is 36.4 Å². The fourth-order valence-corrected chi connectivity index (χ4v) is 2.32. The van der Waals surface area contributed by atoms with Gasteiger partial charge in [0.05, 0.1) is 6.10 Å². The number of aliphatic hydroxyl groups is 1. The smallest absolute Gasteiger partial charge is 0.128 e. The molecule has 0 aromatic carbocycles. The standard InChI is InChI=1S/C15H22N2O/c1-11(18)14-6-7-15(16-8-14)17(9-12-2-3-12)10-13-4-5-13/h6-8,11-13,18H,2-5,9-10H2,1H3. The lowest BCUT2D eigenvalue weighted by atomic mass is 10.2. The molecule has 0 spiro atoms. The highest BCUT2D eigenvalue weighted by atomic mass is 16.3. The molecule has 0 amide bonds. The van der Waals surface area contributed by atoms with Gasteiger partial charge in [0.1, 0.15) is 5.82 Å². The average molecular weight is 246 g/mol. The molecular weight excluding hydrogens is 224 g/mol. The van der Waals surface area contributed by atoms with E-state index in [-0.39, 0.29) is 0 Å². The zero-order valence-corrected chi connectivity index (χ0v) is 11.0. The van der Waals surface area contributed by atoms with Crippen molar-refractivity contribution in [1.82, 2.24) is 4.98 Å². The van der Waals surface area contributed by atoms with E-state index in [0.717, 1.165) is 36.3 Å². The fourth-order valence-electron chi connectivity index (χ4n) is 2.32. The SMILES string of the molecule is CC(O)c1ccc(N(CC2CC2)CC2CC2)nc1. The van der Waals surface area contributed by atoms with Gasteiger partial charge in [-0.15, -0.1) is 0 Å². The van der Waals surface area contributed by atoms with Gasteiger partial charge in [-0.1, -0.05) is 6.07 Å². The predicted octanol–water partition coefficient (Wildman–Crippen LogP) is 2.76. The maximum absolute atomic E-state index is 9.51. The van der Waals surface area contributed by atoms with Crippen molar-refractivity contribution in [3.8, 4) is 0 Å². The molecule has 2 aliphatic rings. The monoisotopic (exact) mass is 246 g/mol. The van der Waals surface area contributed by atoms with Crippen LogP contribution in [0.5, 0.6) is 0 Å². The molecule has 0 radical (unpaired) electrons. The van der Waals surface area contributed by atoms with Crippen molar-refractivity contribution in [3.63, 3.8) is 0 Å². The highest BCUT2D eigenvalue weighted by Crippen LogP contribution is 2.35. The second-order valence-corrected chi connectivity index (χ2v) is 5.92. The third-order valence-electron chi connectivity index (χ3n) is 3.93. The molecular formula is C15H22N2O. The third kappa shape index (κ3) is 3.02. The summed E-state index contributed by atoms with van der Waals surface area (Å²) in [5.74, 6) is 2.86. The molecule has 1 heterocycles. The van der Waals surface area contributed by atoms with E-state index >= 15 is 0 Å². The van der Waals surface area contributed by atoms with Gasteiger partial charge >= 0.3 is 0 Å². The van der Waals surface area contributed by atoms with Crippen molar-refractivity contribution in [2.24, 2.45) is 11.8 Å². The minimum Gasteiger partial charge on any atom is -0.389 e. The lowest BCUT2D eigenvalue weighted by molar-refractivity contribution is 0.199. The molecule has 0 aliphatic heterocycles. The van der Waals surface area contributed by atoms with Gasteiger partial charge in [0, 0.05) is 19.3 Å². The molecule has 1 unspecified atom stereocenters. The first-order valence-corrected chi connectivity index (χ1v) is 7.11. The lowest BCUT2D eigenvalue weighted by Crippen LogP contribution is -2.28. The summed E-state index contributed by atoms with van der Waals surface area (Å²) in [7, 11) is 0. The van der Waals surface area contributed by atoms with Crippen molar-refractivity contribution in [1.29, 1.82) is 0 Å². The average Bonchev–Trinajstić information content (AvgIpc) is 3.23. The van der Waals surface area contributed by atoms with Gasteiger partial charge in [-0.05, 0) is 56.1 Å². The van der Waals surface area contributed by atoms with Crippen LogP contribution in [0.2, 0.25) is 0 Å². The number of aliphatic hydroxyl groups excluding tert-OH is 1. The van der Waals surface area contributed by atoms with Gasteiger partial charge < -0.3 is 10.0 Å². The number of rotatable bonds is 6. The summed E-state index contributed by atoms with van der Waals surface area (Å²) in [5.41, 5.74) is 0.900. The van der Waals surface area contributed by atoms with Gasteiger partial charge in [-0.25, -0.2) is 4.98 Å². The maximum Gasteiger partial charge on any atom is 0.128 e. The molecule has 3 rings (SSSR count). The minimum absolute atomic E-state index is 0.424. The minimum atomic E-state index is -0.424. The van der Waals surface area contributed by atoms with Gasteiger partial charge in [-0.3, -0.25) is 0 Å². The zero-order chi connectivity index (χ0) is 12.5. The number of nitrogens with zero attached hydrogens (tertiary/aromatic N) is 2. The van der Waals surface area contributed by atoms with Crippen LogP contribution in [0.3, 0.4) is 0 Å². The summed E-state index contributed by atoms with van der Waals surface area (Å²) in [6.07, 6.45) is 6.92. The quantitative estimate of drug-likeness (QED) is 0.838. The molecule has 3 heteroatoms. The summed E-state index contributed by atoms with van der Waals surface area (Å²) >= 11 is 0. The van der Waals surface area contributed by atoms with E-state index in [2.05, 4.69) is 16.0 Å². The Bertz CT molecular complexity index is 379. The summed E-state index contributed by atoms with van der Waals surface area (Å²) in [6, 6.07) is 4.06. The van der Waals surface area contributed by atoms with Crippen LogP contribution in [0.4, 0.5) is 5.82 Å². The Balaban J connectivity index is 1.70. The number of anilines is 1. The van der Waals surface area contributed by atoms with E-state index in [4.69, 9.17) is 0 Å². The van der Waals surface area contributed by atoms with Gasteiger partial charge in [0.25, 0.3) is 0 Å². The molecule has 2 aliphatic carbocycles. The van der Waals surface area contributed by atoms with Crippen LogP contribution in [-0.4, -0.2) is 23.2 Å². The van der Waals surface area contributed by atoms with Gasteiger partial charge in [0.15, 0.2) is 0 Å². The van der Waals surface area contributed by atoms with Crippen molar-refractivity contribution >= 4 is 5.82 Å². The Morgan fingerprint density at radius 1 is 1.22 bits per heavy atom. The highest BCUT2D eigenvalue weighted by molar-refractivity contribution is 5.40. The predicted molar refractivity (Wildman–Crippen MR) is 72.5 cm³/mol. The van der Waals surface area contributed by atoms with Gasteiger partial charge in [0.2, 0.25) is 0 Å².